The monoisotopic (exact) mass is 288 g/mol. The highest BCUT2D eigenvalue weighted by atomic mass is 19.1. The molecule has 0 heterocycles. The first-order valence-electron chi connectivity index (χ1n) is 6.66. The zero-order valence-electron chi connectivity index (χ0n) is 11.5. The molecule has 0 fully saturated rings. The van der Waals surface area contributed by atoms with Crippen LogP contribution in [0, 0.1) is 5.82 Å². The Morgan fingerprint density at radius 1 is 1.14 bits per heavy atom. The minimum absolute atomic E-state index is 0.0940. The van der Waals surface area contributed by atoms with Crippen molar-refractivity contribution in [1.29, 1.82) is 0 Å². The molecule has 0 unspecified atom stereocenters. The average molecular weight is 288 g/mol. The van der Waals surface area contributed by atoms with Gasteiger partial charge in [-0.15, -0.1) is 0 Å². The van der Waals surface area contributed by atoms with E-state index in [-0.39, 0.29) is 24.9 Å². The summed E-state index contributed by atoms with van der Waals surface area (Å²) < 4.78 is 13.1. The van der Waals surface area contributed by atoms with Crippen LogP contribution in [0.3, 0.4) is 0 Å². The van der Waals surface area contributed by atoms with E-state index in [1.54, 1.807) is 24.3 Å². The maximum absolute atomic E-state index is 13.1. The second-order valence-corrected chi connectivity index (χ2v) is 4.54. The summed E-state index contributed by atoms with van der Waals surface area (Å²) in [6.45, 7) is 0.600. The number of hydrogen-bond donors (Lipinski definition) is 3. The van der Waals surface area contributed by atoms with Crippen LogP contribution in [0.2, 0.25) is 0 Å². The summed E-state index contributed by atoms with van der Waals surface area (Å²) in [6, 6.07) is 13.4. The minimum atomic E-state index is -0.272. The molecular formula is C16H17FN2O2. The Kier molecular flexibility index (Phi) is 5.29. The lowest BCUT2D eigenvalue weighted by Gasteiger charge is -2.09. The van der Waals surface area contributed by atoms with Crippen LogP contribution in [-0.2, 0) is 6.54 Å². The summed E-state index contributed by atoms with van der Waals surface area (Å²) in [5, 5.41) is 14.4. The molecule has 0 spiro atoms. The zero-order valence-corrected chi connectivity index (χ0v) is 11.5. The molecule has 0 atom stereocenters. The lowest BCUT2D eigenvalue weighted by molar-refractivity contribution is 0.0945. The van der Waals surface area contributed by atoms with Crippen molar-refractivity contribution in [3.05, 3.63) is 65.5 Å². The smallest absolute Gasteiger partial charge is 0.251 e. The third-order valence-electron chi connectivity index (χ3n) is 2.91. The molecule has 2 rings (SSSR count). The van der Waals surface area contributed by atoms with Crippen LogP contribution in [0.15, 0.2) is 48.5 Å². The quantitative estimate of drug-likeness (QED) is 0.763. The molecule has 3 N–H and O–H groups in total. The largest absolute Gasteiger partial charge is 0.395 e. The van der Waals surface area contributed by atoms with Gasteiger partial charge in [0.05, 0.1) is 6.61 Å². The van der Waals surface area contributed by atoms with Crippen molar-refractivity contribution < 1.29 is 14.3 Å². The number of amides is 1. The van der Waals surface area contributed by atoms with Crippen LogP contribution < -0.4 is 10.6 Å². The van der Waals surface area contributed by atoms with Crippen molar-refractivity contribution in [2.24, 2.45) is 0 Å². The second kappa shape index (κ2) is 7.40. The number of hydrogen-bond acceptors (Lipinski definition) is 3. The molecule has 21 heavy (non-hydrogen) atoms. The van der Waals surface area contributed by atoms with E-state index in [1.807, 2.05) is 12.1 Å². The normalized spacial score (nSPS) is 10.2. The SMILES string of the molecule is O=C(NCCO)c1cccc(NCc2cccc(F)c2)c1. The van der Waals surface area contributed by atoms with Crippen LogP contribution in [0.4, 0.5) is 10.1 Å². The molecule has 4 nitrogen and oxygen atoms in total. The van der Waals surface area contributed by atoms with Gasteiger partial charge in [-0.2, -0.15) is 0 Å². The van der Waals surface area contributed by atoms with Crippen molar-refractivity contribution >= 4 is 11.6 Å². The lowest BCUT2D eigenvalue weighted by atomic mass is 10.1. The molecule has 0 bridgehead atoms. The summed E-state index contributed by atoms with van der Waals surface area (Å²) in [7, 11) is 0. The standard InChI is InChI=1S/C16H17FN2O2/c17-14-5-1-3-12(9-14)11-19-15-6-2-4-13(10-15)16(21)18-7-8-20/h1-6,9-10,19-20H,7-8,11H2,(H,18,21). The third kappa shape index (κ3) is 4.57. The number of carbonyl (C=O) groups is 1. The van der Waals surface area contributed by atoms with Gasteiger partial charge >= 0.3 is 0 Å². The fourth-order valence-electron chi connectivity index (χ4n) is 1.89. The molecule has 0 aromatic heterocycles. The number of rotatable bonds is 6. The predicted molar refractivity (Wildman–Crippen MR) is 79.6 cm³/mol. The van der Waals surface area contributed by atoms with Gasteiger partial charge in [-0.05, 0) is 35.9 Å². The molecule has 110 valence electrons. The van der Waals surface area contributed by atoms with E-state index >= 15 is 0 Å². The molecule has 0 aliphatic heterocycles. The molecule has 0 radical (unpaired) electrons. The maximum Gasteiger partial charge on any atom is 0.251 e. The van der Waals surface area contributed by atoms with E-state index in [4.69, 9.17) is 5.11 Å². The summed E-state index contributed by atoms with van der Waals surface area (Å²) in [5.41, 5.74) is 2.11. The number of aliphatic hydroxyl groups is 1. The molecule has 0 aliphatic carbocycles. The van der Waals surface area contributed by atoms with Gasteiger partial charge < -0.3 is 15.7 Å². The van der Waals surface area contributed by atoms with Crippen LogP contribution in [0.25, 0.3) is 0 Å². The van der Waals surface area contributed by atoms with E-state index in [0.29, 0.717) is 12.1 Å². The zero-order chi connectivity index (χ0) is 15.1. The van der Waals surface area contributed by atoms with Gasteiger partial charge in [0.2, 0.25) is 0 Å². The Labute approximate surface area is 122 Å². The van der Waals surface area contributed by atoms with Crippen LogP contribution in [0.5, 0.6) is 0 Å². The number of nitrogens with one attached hydrogen (secondary N) is 2. The Hall–Kier alpha value is -2.40. The van der Waals surface area contributed by atoms with Gasteiger partial charge in [0, 0.05) is 24.3 Å². The van der Waals surface area contributed by atoms with E-state index in [9.17, 15) is 9.18 Å². The molecule has 2 aromatic rings. The molecule has 1 amide bonds. The molecular weight excluding hydrogens is 271 g/mol. The topological polar surface area (TPSA) is 61.4 Å². The van der Waals surface area contributed by atoms with Crippen molar-refractivity contribution in [3.8, 4) is 0 Å². The average Bonchev–Trinajstić information content (AvgIpc) is 2.51. The Bertz CT molecular complexity index is 617. The highest BCUT2D eigenvalue weighted by Crippen LogP contribution is 2.13. The Morgan fingerprint density at radius 2 is 1.95 bits per heavy atom. The first kappa shape index (κ1) is 15.0. The number of carbonyl (C=O) groups excluding carboxylic acids is 1. The van der Waals surface area contributed by atoms with Gasteiger partial charge in [0.1, 0.15) is 5.82 Å². The summed E-state index contributed by atoms with van der Waals surface area (Å²) in [6.07, 6.45) is 0. The minimum Gasteiger partial charge on any atom is -0.395 e. The molecule has 0 saturated heterocycles. The first-order valence-corrected chi connectivity index (χ1v) is 6.66. The lowest BCUT2D eigenvalue weighted by Crippen LogP contribution is -2.26. The molecule has 0 saturated carbocycles. The van der Waals surface area contributed by atoms with Crippen molar-refractivity contribution in [2.75, 3.05) is 18.5 Å². The number of aliphatic hydroxyl groups excluding tert-OH is 1. The first-order chi connectivity index (χ1) is 10.2. The predicted octanol–water partition coefficient (Wildman–Crippen LogP) is 2.16. The van der Waals surface area contributed by atoms with Crippen molar-refractivity contribution in [1.82, 2.24) is 5.32 Å². The fourth-order valence-corrected chi connectivity index (χ4v) is 1.89. The number of halogens is 1. The van der Waals surface area contributed by atoms with Crippen molar-refractivity contribution in [3.63, 3.8) is 0 Å². The van der Waals surface area contributed by atoms with Crippen molar-refractivity contribution in [2.45, 2.75) is 6.54 Å². The van der Waals surface area contributed by atoms with Gasteiger partial charge in [0.25, 0.3) is 5.91 Å². The Balaban J connectivity index is 1.99. The molecule has 2 aromatic carbocycles. The van der Waals surface area contributed by atoms with Crippen LogP contribution >= 0.6 is 0 Å². The highest BCUT2D eigenvalue weighted by Gasteiger charge is 2.05. The van der Waals surface area contributed by atoms with Crippen LogP contribution in [-0.4, -0.2) is 24.2 Å². The number of benzene rings is 2. The molecule has 5 heteroatoms. The van der Waals surface area contributed by atoms with Gasteiger partial charge in [0.15, 0.2) is 0 Å². The van der Waals surface area contributed by atoms with E-state index < -0.39 is 0 Å². The van der Waals surface area contributed by atoms with E-state index in [1.165, 1.54) is 12.1 Å². The summed E-state index contributed by atoms with van der Waals surface area (Å²) in [4.78, 5) is 11.8. The van der Waals surface area contributed by atoms with Gasteiger partial charge in [-0.25, -0.2) is 4.39 Å². The fraction of sp³-hybridized carbons (Fsp3) is 0.188. The third-order valence-corrected chi connectivity index (χ3v) is 2.91. The van der Waals surface area contributed by atoms with E-state index in [2.05, 4.69) is 10.6 Å². The highest BCUT2D eigenvalue weighted by molar-refractivity contribution is 5.95. The summed E-state index contributed by atoms with van der Waals surface area (Å²) in [5.74, 6) is -0.509. The van der Waals surface area contributed by atoms with Crippen LogP contribution in [0.1, 0.15) is 15.9 Å². The van der Waals surface area contributed by atoms with E-state index in [0.717, 1.165) is 11.3 Å². The second-order valence-electron chi connectivity index (χ2n) is 4.54. The molecule has 0 aliphatic rings. The van der Waals surface area contributed by atoms with Gasteiger partial charge in [-0.1, -0.05) is 18.2 Å². The summed E-state index contributed by atoms with van der Waals surface area (Å²) >= 11 is 0. The number of anilines is 1. The Morgan fingerprint density at radius 3 is 2.71 bits per heavy atom. The van der Waals surface area contributed by atoms with Gasteiger partial charge in [-0.3, -0.25) is 4.79 Å². The maximum atomic E-state index is 13.1.